The number of hydrogen-bond acceptors (Lipinski definition) is 4. The third kappa shape index (κ3) is 7.34. The first-order valence-corrected chi connectivity index (χ1v) is 11.4. The molecule has 2 N–H and O–H groups in total. The Morgan fingerprint density at radius 1 is 1.13 bits per heavy atom. The quantitative estimate of drug-likeness (QED) is 0.569. The summed E-state index contributed by atoms with van der Waals surface area (Å²) in [6.45, 7) is 16.3. The molecule has 1 saturated heterocycles. The fraction of sp³-hybridized carbons (Fsp3) is 0.792. The standard InChI is InChI=1S/C24H43N3O4/c1-15(2)19(14-17(5)23(30)31)26(9)22(29)20(24(6,7)8)25-21(28)18-12-10-11-13-27(18)16(3)4/h14-16,18-20H,10-13H2,1-9H3,(H,25,28)(H,30,31)/b17-14+/t18-,19+,20+/m0/s1. The predicted molar refractivity (Wildman–Crippen MR) is 124 cm³/mol. The highest BCUT2D eigenvalue weighted by Crippen LogP contribution is 2.25. The second-order valence-electron chi connectivity index (χ2n) is 10.5. The van der Waals surface area contributed by atoms with E-state index in [0.717, 1.165) is 25.8 Å². The van der Waals surface area contributed by atoms with Gasteiger partial charge in [0.15, 0.2) is 0 Å². The summed E-state index contributed by atoms with van der Waals surface area (Å²) in [6.07, 6.45) is 4.50. The Bertz CT molecular complexity index is 679. The summed E-state index contributed by atoms with van der Waals surface area (Å²) >= 11 is 0. The number of likely N-dealkylation sites (N-methyl/N-ethyl adjacent to an activating group) is 1. The van der Waals surface area contributed by atoms with Crippen LogP contribution >= 0.6 is 0 Å². The number of aliphatic carboxylic acids is 1. The van der Waals surface area contributed by atoms with E-state index in [4.69, 9.17) is 0 Å². The van der Waals surface area contributed by atoms with Gasteiger partial charge in [0.2, 0.25) is 11.8 Å². The molecule has 0 aromatic carbocycles. The number of hydrogen-bond donors (Lipinski definition) is 2. The summed E-state index contributed by atoms with van der Waals surface area (Å²) in [7, 11) is 1.69. The van der Waals surface area contributed by atoms with Crippen LogP contribution in [0.3, 0.4) is 0 Å². The number of carbonyl (C=O) groups excluding carboxylic acids is 2. The van der Waals surface area contributed by atoms with Gasteiger partial charge in [-0.25, -0.2) is 4.79 Å². The van der Waals surface area contributed by atoms with Crippen LogP contribution in [0.5, 0.6) is 0 Å². The second-order valence-corrected chi connectivity index (χ2v) is 10.5. The van der Waals surface area contributed by atoms with Crippen molar-refractivity contribution in [1.29, 1.82) is 0 Å². The molecule has 0 aliphatic carbocycles. The number of carboxylic acids is 1. The van der Waals surface area contributed by atoms with Crippen molar-refractivity contribution in [3.63, 3.8) is 0 Å². The number of rotatable bonds is 8. The molecule has 3 atom stereocenters. The molecule has 1 rings (SSSR count). The van der Waals surface area contributed by atoms with Crippen LogP contribution in [0, 0.1) is 11.3 Å². The Labute approximate surface area is 188 Å². The lowest BCUT2D eigenvalue weighted by molar-refractivity contribution is -0.142. The topological polar surface area (TPSA) is 90.0 Å². The number of carbonyl (C=O) groups is 3. The van der Waals surface area contributed by atoms with Crippen molar-refractivity contribution in [2.75, 3.05) is 13.6 Å². The SMILES string of the molecule is C/C(=C\[C@H](C(C)C)N(C)C(=O)[C@@H](NC(=O)[C@@H]1CCCCN1C(C)C)C(C)(C)C)C(=O)O. The lowest BCUT2D eigenvalue weighted by Crippen LogP contribution is -2.60. The van der Waals surface area contributed by atoms with Crippen LogP contribution in [0.25, 0.3) is 0 Å². The first-order chi connectivity index (χ1) is 14.2. The highest BCUT2D eigenvalue weighted by atomic mass is 16.4. The van der Waals surface area contributed by atoms with Crippen molar-refractivity contribution < 1.29 is 19.5 Å². The summed E-state index contributed by atoms with van der Waals surface area (Å²) in [5, 5.41) is 12.3. The minimum atomic E-state index is -1.00. The monoisotopic (exact) mass is 437 g/mol. The average Bonchev–Trinajstić information content (AvgIpc) is 2.67. The second kappa shape index (κ2) is 11.1. The number of nitrogens with zero attached hydrogens (tertiary/aromatic N) is 2. The molecule has 0 aromatic heterocycles. The molecule has 0 saturated carbocycles. The lowest BCUT2D eigenvalue weighted by atomic mass is 9.84. The van der Waals surface area contributed by atoms with Crippen LogP contribution in [0.2, 0.25) is 0 Å². The van der Waals surface area contributed by atoms with Crippen molar-refractivity contribution in [2.24, 2.45) is 11.3 Å². The average molecular weight is 438 g/mol. The van der Waals surface area contributed by atoms with Crippen LogP contribution in [0.4, 0.5) is 0 Å². The molecule has 1 aliphatic heterocycles. The predicted octanol–water partition coefficient (Wildman–Crippen LogP) is 3.29. The van der Waals surface area contributed by atoms with E-state index in [9.17, 15) is 19.5 Å². The fourth-order valence-corrected chi connectivity index (χ4v) is 4.17. The van der Waals surface area contributed by atoms with Crippen molar-refractivity contribution >= 4 is 17.8 Å². The summed E-state index contributed by atoms with van der Waals surface area (Å²) in [5.74, 6) is -1.29. The van der Waals surface area contributed by atoms with E-state index in [0.29, 0.717) is 0 Å². The maximum Gasteiger partial charge on any atom is 0.331 e. The lowest BCUT2D eigenvalue weighted by Gasteiger charge is -2.41. The minimum absolute atomic E-state index is 0.0225. The van der Waals surface area contributed by atoms with Crippen molar-refractivity contribution in [3.8, 4) is 0 Å². The van der Waals surface area contributed by atoms with Crippen molar-refractivity contribution in [3.05, 3.63) is 11.6 Å². The van der Waals surface area contributed by atoms with Gasteiger partial charge in [-0.3, -0.25) is 14.5 Å². The van der Waals surface area contributed by atoms with E-state index >= 15 is 0 Å². The van der Waals surface area contributed by atoms with Gasteiger partial charge < -0.3 is 15.3 Å². The van der Waals surface area contributed by atoms with Crippen LogP contribution < -0.4 is 5.32 Å². The zero-order chi connectivity index (χ0) is 24.1. The normalized spacial score (nSPS) is 20.5. The number of nitrogens with one attached hydrogen (secondary N) is 1. The molecule has 7 nitrogen and oxygen atoms in total. The Hall–Kier alpha value is -1.89. The zero-order valence-electron chi connectivity index (χ0n) is 20.9. The maximum atomic E-state index is 13.5. The van der Waals surface area contributed by atoms with Gasteiger partial charge in [0.05, 0.1) is 12.1 Å². The third-order valence-corrected chi connectivity index (χ3v) is 6.15. The van der Waals surface area contributed by atoms with Gasteiger partial charge in [-0.2, -0.15) is 0 Å². The van der Waals surface area contributed by atoms with E-state index in [1.54, 1.807) is 18.0 Å². The Balaban J connectivity index is 3.15. The minimum Gasteiger partial charge on any atom is -0.478 e. The molecule has 178 valence electrons. The van der Waals surface area contributed by atoms with E-state index in [2.05, 4.69) is 24.1 Å². The van der Waals surface area contributed by atoms with Gasteiger partial charge in [0.25, 0.3) is 0 Å². The number of carboxylic acid groups (broad SMARTS) is 1. The fourth-order valence-electron chi connectivity index (χ4n) is 4.17. The highest BCUT2D eigenvalue weighted by Gasteiger charge is 2.39. The molecule has 31 heavy (non-hydrogen) atoms. The van der Waals surface area contributed by atoms with Gasteiger partial charge in [0, 0.05) is 18.7 Å². The zero-order valence-corrected chi connectivity index (χ0v) is 20.9. The number of piperidine rings is 1. The molecule has 0 spiro atoms. The molecule has 7 heteroatoms. The van der Waals surface area contributed by atoms with Crippen molar-refractivity contribution in [1.82, 2.24) is 15.1 Å². The number of likely N-dealkylation sites (tertiary alicyclic amines) is 1. The molecule has 1 heterocycles. The Morgan fingerprint density at radius 3 is 2.16 bits per heavy atom. The van der Waals surface area contributed by atoms with Gasteiger partial charge >= 0.3 is 5.97 Å². The largest absolute Gasteiger partial charge is 0.478 e. The molecular weight excluding hydrogens is 394 g/mol. The molecule has 1 aliphatic rings. The summed E-state index contributed by atoms with van der Waals surface area (Å²) < 4.78 is 0. The van der Waals surface area contributed by atoms with Gasteiger partial charge in [0.1, 0.15) is 6.04 Å². The molecular formula is C24H43N3O4. The third-order valence-electron chi connectivity index (χ3n) is 6.15. The van der Waals surface area contributed by atoms with Gasteiger partial charge in [-0.15, -0.1) is 0 Å². The Morgan fingerprint density at radius 2 is 1.71 bits per heavy atom. The summed E-state index contributed by atoms with van der Waals surface area (Å²) in [5.41, 5.74) is -0.296. The Kier molecular flexibility index (Phi) is 9.73. The van der Waals surface area contributed by atoms with Gasteiger partial charge in [-0.1, -0.05) is 47.1 Å². The van der Waals surface area contributed by atoms with E-state index < -0.39 is 17.4 Å². The van der Waals surface area contributed by atoms with E-state index in [1.807, 2.05) is 34.6 Å². The first kappa shape index (κ1) is 27.1. The summed E-state index contributed by atoms with van der Waals surface area (Å²) in [4.78, 5) is 41.9. The summed E-state index contributed by atoms with van der Waals surface area (Å²) in [6, 6.07) is -1.06. The van der Waals surface area contributed by atoms with Crippen LogP contribution in [-0.2, 0) is 14.4 Å². The van der Waals surface area contributed by atoms with Crippen LogP contribution in [0.1, 0.15) is 74.7 Å². The first-order valence-electron chi connectivity index (χ1n) is 11.4. The van der Waals surface area contributed by atoms with Crippen LogP contribution in [-0.4, -0.2) is 70.4 Å². The molecule has 2 amide bonds. The smallest absolute Gasteiger partial charge is 0.331 e. The van der Waals surface area contributed by atoms with Crippen molar-refractivity contribution in [2.45, 2.75) is 98.8 Å². The molecule has 0 aromatic rings. The number of amides is 2. The molecule has 0 bridgehead atoms. The van der Waals surface area contributed by atoms with E-state index in [1.165, 1.54) is 6.92 Å². The highest BCUT2D eigenvalue weighted by molar-refractivity contribution is 5.91. The maximum absolute atomic E-state index is 13.5. The van der Waals surface area contributed by atoms with Crippen LogP contribution in [0.15, 0.2) is 11.6 Å². The van der Waals surface area contributed by atoms with Gasteiger partial charge in [-0.05, 0) is 51.5 Å². The van der Waals surface area contributed by atoms with E-state index in [-0.39, 0.29) is 41.4 Å². The molecule has 0 radical (unpaired) electrons. The molecule has 1 fully saturated rings. The molecule has 0 unspecified atom stereocenters.